The third-order valence-electron chi connectivity index (χ3n) is 4.26. The molecule has 1 fully saturated rings. The molecular formula is C15H22N4O. The highest BCUT2D eigenvalue weighted by Gasteiger charge is 2.11. The molecule has 0 aliphatic carbocycles. The van der Waals surface area contributed by atoms with Crippen LogP contribution >= 0.6 is 0 Å². The van der Waals surface area contributed by atoms with Gasteiger partial charge >= 0.3 is 5.69 Å². The Morgan fingerprint density at radius 2 is 1.80 bits per heavy atom. The Hall–Kier alpha value is -1.59. The van der Waals surface area contributed by atoms with Gasteiger partial charge < -0.3 is 10.2 Å². The number of benzene rings is 1. The van der Waals surface area contributed by atoms with Crippen molar-refractivity contribution in [3.05, 3.63) is 34.2 Å². The van der Waals surface area contributed by atoms with Crippen LogP contribution in [0.1, 0.15) is 5.56 Å². The number of rotatable bonds is 3. The maximum Gasteiger partial charge on any atom is 0.328 e. The lowest BCUT2D eigenvalue weighted by Gasteiger charge is -2.27. The van der Waals surface area contributed by atoms with E-state index in [2.05, 4.69) is 28.4 Å². The average Bonchev–Trinajstić information content (AvgIpc) is 2.71. The first-order valence-electron chi connectivity index (χ1n) is 7.24. The van der Waals surface area contributed by atoms with Crippen molar-refractivity contribution < 1.29 is 0 Å². The molecule has 2 heterocycles. The van der Waals surface area contributed by atoms with Crippen LogP contribution in [0.4, 0.5) is 0 Å². The van der Waals surface area contributed by atoms with Crippen LogP contribution in [0.3, 0.4) is 0 Å². The Bertz CT molecular complexity index is 664. The normalized spacial score (nSPS) is 16.9. The summed E-state index contributed by atoms with van der Waals surface area (Å²) in [5.41, 5.74) is 3.37. The molecule has 1 aromatic carbocycles. The summed E-state index contributed by atoms with van der Waals surface area (Å²) in [6, 6.07) is 6.35. The van der Waals surface area contributed by atoms with Crippen molar-refractivity contribution in [3.8, 4) is 0 Å². The van der Waals surface area contributed by atoms with E-state index in [1.54, 1.807) is 9.13 Å². The molecule has 0 bridgehead atoms. The molecule has 5 nitrogen and oxygen atoms in total. The standard InChI is InChI=1S/C15H22N4O/c1-17-13-4-3-12(11-14(13)18(2)15(17)20)5-8-19-9-6-16-7-10-19/h3-4,11,16H,5-10H2,1-2H3. The summed E-state index contributed by atoms with van der Waals surface area (Å²) in [4.78, 5) is 14.4. The van der Waals surface area contributed by atoms with Crippen LogP contribution in [0.25, 0.3) is 11.0 Å². The zero-order chi connectivity index (χ0) is 14.1. The zero-order valence-electron chi connectivity index (χ0n) is 12.2. The average molecular weight is 274 g/mol. The maximum atomic E-state index is 11.9. The first-order chi connectivity index (χ1) is 9.66. The molecule has 0 atom stereocenters. The van der Waals surface area contributed by atoms with Gasteiger partial charge in [-0.2, -0.15) is 0 Å². The van der Waals surface area contributed by atoms with Crippen LogP contribution in [0.2, 0.25) is 0 Å². The predicted octanol–water partition coefficient (Wildman–Crippen LogP) is 0.325. The van der Waals surface area contributed by atoms with E-state index in [0.717, 1.165) is 50.2 Å². The molecule has 1 aliphatic rings. The maximum absolute atomic E-state index is 11.9. The van der Waals surface area contributed by atoms with Crippen molar-refractivity contribution in [3.63, 3.8) is 0 Å². The fraction of sp³-hybridized carbons (Fsp3) is 0.533. The van der Waals surface area contributed by atoms with E-state index in [4.69, 9.17) is 0 Å². The molecule has 0 saturated carbocycles. The number of hydrogen-bond donors (Lipinski definition) is 1. The summed E-state index contributed by atoms with van der Waals surface area (Å²) in [5, 5.41) is 3.37. The number of imidazole rings is 1. The Labute approximate surface area is 118 Å². The highest BCUT2D eigenvalue weighted by Crippen LogP contribution is 2.14. The molecule has 0 radical (unpaired) electrons. The summed E-state index contributed by atoms with van der Waals surface area (Å²) in [7, 11) is 3.66. The Kier molecular flexibility index (Phi) is 3.63. The van der Waals surface area contributed by atoms with Crippen molar-refractivity contribution in [2.24, 2.45) is 14.1 Å². The molecule has 0 unspecified atom stereocenters. The fourth-order valence-electron chi connectivity index (χ4n) is 2.93. The lowest BCUT2D eigenvalue weighted by molar-refractivity contribution is 0.244. The lowest BCUT2D eigenvalue weighted by Crippen LogP contribution is -2.44. The lowest BCUT2D eigenvalue weighted by atomic mass is 10.1. The monoisotopic (exact) mass is 274 g/mol. The smallest absolute Gasteiger partial charge is 0.314 e. The van der Waals surface area contributed by atoms with Crippen molar-refractivity contribution in [1.29, 1.82) is 0 Å². The van der Waals surface area contributed by atoms with Crippen molar-refractivity contribution in [2.45, 2.75) is 6.42 Å². The predicted molar refractivity (Wildman–Crippen MR) is 81.2 cm³/mol. The second-order valence-electron chi connectivity index (χ2n) is 5.57. The van der Waals surface area contributed by atoms with E-state index >= 15 is 0 Å². The minimum atomic E-state index is 0.0410. The van der Waals surface area contributed by atoms with Gasteiger partial charge in [0.2, 0.25) is 0 Å². The molecular weight excluding hydrogens is 252 g/mol. The fourth-order valence-corrected chi connectivity index (χ4v) is 2.93. The third kappa shape index (κ3) is 2.39. The van der Waals surface area contributed by atoms with Gasteiger partial charge in [0.15, 0.2) is 0 Å². The summed E-state index contributed by atoms with van der Waals surface area (Å²) < 4.78 is 3.43. The number of nitrogens with zero attached hydrogens (tertiary/aromatic N) is 3. The number of fused-ring (bicyclic) bond motifs is 1. The van der Waals surface area contributed by atoms with Gasteiger partial charge in [-0.05, 0) is 24.1 Å². The minimum Gasteiger partial charge on any atom is -0.314 e. The van der Waals surface area contributed by atoms with Gasteiger partial charge in [-0.25, -0.2) is 4.79 Å². The summed E-state index contributed by atoms with van der Waals surface area (Å²) in [5.74, 6) is 0. The first kappa shape index (κ1) is 13.4. The van der Waals surface area contributed by atoms with Gasteiger partial charge in [0.25, 0.3) is 0 Å². The molecule has 5 heteroatoms. The second-order valence-corrected chi connectivity index (χ2v) is 5.57. The van der Waals surface area contributed by atoms with E-state index < -0.39 is 0 Å². The second kappa shape index (κ2) is 5.42. The topological polar surface area (TPSA) is 42.2 Å². The highest BCUT2D eigenvalue weighted by atomic mass is 16.1. The van der Waals surface area contributed by atoms with Gasteiger partial charge in [-0.3, -0.25) is 9.13 Å². The molecule has 108 valence electrons. The van der Waals surface area contributed by atoms with Gasteiger partial charge in [-0.1, -0.05) is 6.07 Å². The van der Waals surface area contributed by atoms with Crippen molar-refractivity contribution in [2.75, 3.05) is 32.7 Å². The molecule has 2 aromatic rings. The van der Waals surface area contributed by atoms with Crippen LogP contribution < -0.4 is 11.0 Å². The van der Waals surface area contributed by atoms with E-state index in [0.29, 0.717) is 0 Å². The van der Waals surface area contributed by atoms with E-state index in [1.165, 1.54) is 5.56 Å². The Morgan fingerprint density at radius 3 is 2.55 bits per heavy atom. The number of aryl methyl sites for hydroxylation is 2. The largest absolute Gasteiger partial charge is 0.328 e. The van der Waals surface area contributed by atoms with Crippen LogP contribution in [-0.2, 0) is 20.5 Å². The number of piperazine rings is 1. The van der Waals surface area contributed by atoms with Gasteiger partial charge in [0.1, 0.15) is 0 Å². The Balaban J connectivity index is 1.78. The van der Waals surface area contributed by atoms with E-state index in [1.807, 2.05) is 14.1 Å². The molecule has 1 saturated heterocycles. The van der Waals surface area contributed by atoms with Gasteiger partial charge in [0, 0.05) is 46.8 Å². The molecule has 1 aromatic heterocycles. The molecule has 1 N–H and O–H groups in total. The van der Waals surface area contributed by atoms with Gasteiger partial charge in [-0.15, -0.1) is 0 Å². The molecule has 0 amide bonds. The van der Waals surface area contributed by atoms with Crippen LogP contribution in [0.5, 0.6) is 0 Å². The molecule has 20 heavy (non-hydrogen) atoms. The molecule has 0 spiro atoms. The number of nitrogens with one attached hydrogen (secondary N) is 1. The molecule has 1 aliphatic heterocycles. The van der Waals surface area contributed by atoms with Crippen LogP contribution in [0.15, 0.2) is 23.0 Å². The zero-order valence-corrected chi connectivity index (χ0v) is 12.2. The third-order valence-corrected chi connectivity index (χ3v) is 4.26. The van der Waals surface area contributed by atoms with E-state index in [9.17, 15) is 4.79 Å². The van der Waals surface area contributed by atoms with E-state index in [-0.39, 0.29) is 5.69 Å². The summed E-state index contributed by atoms with van der Waals surface area (Å²) >= 11 is 0. The SMILES string of the molecule is Cn1c(=O)n(C)c2cc(CCN3CCNCC3)ccc21. The summed E-state index contributed by atoms with van der Waals surface area (Å²) in [6.07, 6.45) is 1.04. The van der Waals surface area contributed by atoms with Crippen molar-refractivity contribution in [1.82, 2.24) is 19.4 Å². The number of hydrogen-bond acceptors (Lipinski definition) is 3. The van der Waals surface area contributed by atoms with Crippen molar-refractivity contribution >= 4 is 11.0 Å². The van der Waals surface area contributed by atoms with Crippen LogP contribution in [-0.4, -0.2) is 46.8 Å². The quantitative estimate of drug-likeness (QED) is 0.877. The highest BCUT2D eigenvalue weighted by molar-refractivity contribution is 5.76. The van der Waals surface area contributed by atoms with Gasteiger partial charge in [0.05, 0.1) is 11.0 Å². The van der Waals surface area contributed by atoms with Crippen LogP contribution in [0, 0.1) is 0 Å². The summed E-state index contributed by atoms with van der Waals surface area (Å²) in [6.45, 7) is 5.53. The minimum absolute atomic E-state index is 0.0410. The number of aromatic nitrogens is 2. The first-order valence-corrected chi connectivity index (χ1v) is 7.24. The molecule has 3 rings (SSSR count). The Morgan fingerprint density at radius 1 is 1.10 bits per heavy atom.